The van der Waals surface area contributed by atoms with Crippen molar-refractivity contribution in [3.8, 4) is 6.07 Å². The van der Waals surface area contributed by atoms with Crippen LogP contribution in [0.2, 0.25) is 0 Å². The number of anilines is 1. The minimum absolute atomic E-state index is 0.144. The highest BCUT2D eigenvalue weighted by molar-refractivity contribution is 5.60. The highest BCUT2D eigenvalue weighted by Crippen LogP contribution is 2.25. The molecule has 1 fully saturated rings. The summed E-state index contributed by atoms with van der Waals surface area (Å²) in [6, 6.07) is 7.14. The number of piperazine rings is 1. The Bertz CT molecular complexity index is 500. The molecule has 108 valence electrons. The topological polar surface area (TPSA) is 39.5 Å². The van der Waals surface area contributed by atoms with Crippen LogP contribution in [0, 0.1) is 17.1 Å². The third-order valence-corrected chi connectivity index (χ3v) is 3.79. The second kappa shape index (κ2) is 6.69. The van der Waals surface area contributed by atoms with E-state index < -0.39 is 5.82 Å². The third kappa shape index (κ3) is 3.09. The highest BCUT2D eigenvalue weighted by Gasteiger charge is 2.25. The number of rotatable bonds is 4. The lowest BCUT2D eigenvalue weighted by Gasteiger charge is -2.41. The minimum atomic E-state index is -0.445. The van der Waals surface area contributed by atoms with Crippen LogP contribution in [0.1, 0.15) is 12.5 Å². The van der Waals surface area contributed by atoms with Gasteiger partial charge in [-0.1, -0.05) is 6.07 Å². The van der Waals surface area contributed by atoms with Crippen LogP contribution in [-0.4, -0.2) is 50.8 Å². The minimum Gasteiger partial charge on any atom is -0.383 e. The second-order valence-electron chi connectivity index (χ2n) is 5.07. The second-order valence-corrected chi connectivity index (χ2v) is 5.07. The predicted octanol–water partition coefficient (Wildman–Crippen LogP) is 1.85. The van der Waals surface area contributed by atoms with Gasteiger partial charge in [-0.05, 0) is 19.1 Å². The number of hydrogen-bond donors (Lipinski definition) is 0. The first-order valence-electron chi connectivity index (χ1n) is 6.84. The number of nitrogens with zero attached hydrogens (tertiary/aromatic N) is 3. The van der Waals surface area contributed by atoms with E-state index in [2.05, 4.69) is 16.7 Å². The molecule has 1 heterocycles. The van der Waals surface area contributed by atoms with Gasteiger partial charge in [0.05, 0.1) is 12.3 Å². The Morgan fingerprint density at radius 2 is 2.25 bits per heavy atom. The molecule has 1 atom stereocenters. The SMILES string of the molecule is COCCN1CCN(c2cccc(F)c2C#N)C[C@@H]1C. The molecule has 1 aromatic rings. The molecule has 0 bridgehead atoms. The molecule has 0 aromatic heterocycles. The van der Waals surface area contributed by atoms with Crippen LogP contribution < -0.4 is 4.90 Å². The zero-order valence-electron chi connectivity index (χ0n) is 12.0. The molecular formula is C15H20FN3O. The van der Waals surface area contributed by atoms with Crippen molar-refractivity contribution >= 4 is 5.69 Å². The fraction of sp³-hybridized carbons (Fsp3) is 0.533. The van der Waals surface area contributed by atoms with Gasteiger partial charge >= 0.3 is 0 Å². The summed E-state index contributed by atoms with van der Waals surface area (Å²) in [7, 11) is 1.70. The molecular weight excluding hydrogens is 257 g/mol. The summed E-state index contributed by atoms with van der Waals surface area (Å²) in [6.45, 7) is 6.25. The maximum Gasteiger partial charge on any atom is 0.143 e. The molecule has 0 saturated carbocycles. The molecule has 0 radical (unpaired) electrons. The van der Waals surface area contributed by atoms with Gasteiger partial charge in [0.25, 0.3) is 0 Å². The Labute approximate surface area is 119 Å². The summed E-state index contributed by atoms with van der Waals surface area (Å²) >= 11 is 0. The molecule has 0 amide bonds. The third-order valence-electron chi connectivity index (χ3n) is 3.79. The molecule has 1 aromatic carbocycles. The molecule has 2 rings (SSSR count). The van der Waals surface area contributed by atoms with E-state index in [1.807, 2.05) is 12.1 Å². The summed E-state index contributed by atoms with van der Waals surface area (Å²) in [4.78, 5) is 4.45. The number of nitriles is 1. The van der Waals surface area contributed by atoms with Crippen molar-refractivity contribution in [2.24, 2.45) is 0 Å². The number of halogens is 1. The van der Waals surface area contributed by atoms with Crippen molar-refractivity contribution < 1.29 is 9.13 Å². The van der Waals surface area contributed by atoms with Crippen molar-refractivity contribution in [2.45, 2.75) is 13.0 Å². The molecule has 1 aliphatic rings. The molecule has 0 spiro atoms. The first kappa shape index (κ1) is 14.8. The lowest BCUT2D eigenvalue weighted by molar-refractivity contribution is 0.117. The smallest absolute Gasteiger partial charge is 0.143 e. The van der Waals surface area contributed by atoms with Crippen molar-refractivity contribution in [1.29, 1.82) is 5.26 Å². The van der Waals surface area contributed by atoms with Crippen LogP contribution in [0.15, 0.2) is 18.2 Å². The van der Waals surface area contributed by atoms with E-state index in [0.29, 0.717) is 18.3 Å². The first-order valence-corrected chi connectivity index (χ1v) is 6.84. The zero-order chi connectivity index (χ0) is 14.5. The number of methoxy groups -OCH3 is 1. The van der Waals surface area contributed by atoms with E-state index in [9.17, 15) is 4.39 Å². The molecule has 0 aliphatic carbocycles. The normalized spacial score (nSPS) is 19.9. The molecule has 4 nitrogen and oxygen atoms in total. The summed E-state index contributed by atoms with van der Waals surface area (Å²) in [5.74, 6) is -0.445. The van der Waals surface area contributed by atoms with Crippen LogP contribution in [0.25, 0.3) is 0 Å². The van der Waals surface area contributed by atoms with E-state index in [1.165, 1.54) is 6.07 Å². The Kier molecular flexibility index (Phi) is 4.94. The summed E-state index contributed by atoms with van der Waals surface area (Å²) in [6.07, 6.45) is 0. The maximum atomic E-state index is 13.7. The fourth-order valence-electron chi connectivity index (χ4n) is 2.64. The fourth-order valence-corrected chi connectivity index (χ4v) is 2.64. The number of ether oxygens (including phenoxy) is 1. The van der Waals surface area contributed by atoms with Gasteiger partial charge in [-0.25, -0.2) is 4.39 Å². The van der Waals surface area contributed by atoms with E-state index in [-0.39, 0.29) is 5.56 Å². The Morgan fingerprint density at radius 1 is 1.45 bits per heavy atom. The molecule has 0 N–H and O–H groups in total. The van der Waals surface area contributed by atoms with Gasteiger partial charge in [0, 0.05) is 39.3 Å². The number of hydrogen-bond acceptors (Lipinski definition) is 4. The van der Waals surface area contributed by atoms with Gasteiger partial charge in [0.15, 0.2) is 0 Å². The quantitative estimate of drug-likeness (QED) is 0.842. The van der Waals surface area contributed by atoms with Crippen molar-refractivity contribution in [2.75, 3.05) is 44.8 Å². The maximum absolute atomic E-state index is 13.7. The van der Waals surface area contributed by atoms with Crippen LogP contribution >= 0.6 is 0 Å². The Morgan fingerprint density at radius 3 is 2.90 bits per heavy atom. The zero-order valence-corrected chi connectivity index (χ0v) is 12.0. The summed E-state index contributed by atoms with van der Waals surface area (Å²) in [5.41, 5.74) is 0.843. The monoisotopic (exact) mass is 277 g/mol. The molecule has 1 saturated heterocycles. The van der Waals surface area contributed by atoms with E-state index in [4.69, 9.17) is 10.00 Å². The van der Waals surface area contributed by atoms with Gasteiger partial charge < -0.3 is 9.64 Å². The van der Waals surface area contributed by atoms with Crippen LogP contribution in [-0.2, 0) is 4.74 Å². The Hall–Kier alpha value is -1.64. The Balaban J connectivity index is 2.10. The molecule has 1 aliphatic heterocycles. The predicted molar refractivity (Wildman–Crippen MR) is 76.2 cm³/mol. The van der Waals surface area contributed by atoms with Crippen molar-refractivity contribution in [3.05, 3.63) is 29.6 Å². The highest BCUT2D eigenvalue weighted by atomic mass is 19.1. The summed E-state index contributed by atoms with van der Waals surface area (Å²) in [5, 5.41) is 9.12. The van der Waals surface area contributed by atoms with Gasteiger partial charge in [-0.3, -0.25) is 4.90 Å². The molecule has 20 heavy (non-hydrogen) atoms. The lowest BCUT2D eigenvalue weighted by Crippen LogP contribution is -2.52. The van der Waals surface area contributed by atoms with E-state index >= 15 is 0 Å². The van der Waals surface area contributed by atoms with E-state index in [1.54, 1.807) is 13.2 Å². The van der Waals surface area contributed by atoms with Gasteiger partial charge in [0.1, 0.15) is 17.4 Å². The van der Waals surface area contributed by atoms with Gasteiger partial charge in [0.2, 0.25) is 0 Å². The van der Waals surface area contributed by atoms with Gasteiger partial charge in [-0.15, -0.1) is 0 Å². The first-order chi connectivity index (χ1) is 9.67. The van der Waals surface area contributed by atoms with E-state index in [0.717, 1.165) is 26.2 Å². The van der Waals surface area contributed by atoms with Gasteiger partial charge in [-0.2, -0.15) is 5.26 Å². The molecule has 5 heteroatoms. The average Bonchev–Trinajstić information content (AvgIpc) is 2.45. The average molecular weight is 277 g/mol. The summed E-state index contributed by atoms with van der Waals surface area (Å²) < 4.78 is 18.8. The standard InChI is InChI=1S/C15H20FN3O/c1-12-11-19(7-6-18(12)8-9-20-2)15-5-3-4-14(16)13(15)10-17/h3-5,12H,6-9,11H2,1-2H3/t12-/m0/s1. The number of benzene rings is 1. The largest absolute Gasteiger partial charge is 0.383 e. The van der Waals surface area contributed by atoms with Crippen molar-refractivity contribution in [1.82, 2.24) is 4.90 Å². The molecule has 0 unspecified atom stereocenters. The lowest BCUT2D eigenvalue weighted by atomic mass is 10.1. The van der Waals surface area contributed by atoms with Crippen LogP contribution in [0.4, 0.5) is 10.1 Å². The van der Waals surface area contributed by atoms with Crippen molar-refractivity contribution in [3.63, 3.8) is 0 Å². The van der Waals surface area contributed by atoms with Crippen LogP contribution in [0.3, 0.4) is 0 Å². The van der Waals surface area contributed by atoms with Crippen LogP contribution in [0.5, 0.6) is 0 Å².